The van der Waals surface area contributed by atoms with E-state index in [0.29, 0.717) is 25.0 Å². The molecule has 0 aromatic heterocycles. The number of hydrogen-bond acceptors (Lipinski definition) is 3. The number of nitrogens with one attached hydrogen (secondary N) is 1. The highest BCUT2D eigenvalue weighted by atomic mass is 19.4. The molecule has 2 heterocycles. The third-order valence-electron chi connectivity index (χ3n) is 6.33. The lowest BCUT2D eigenvalue weighted by atomic mass is 9.77. The number of carbonyl (C=O) groups excluding carboxylic acids is 2. The molecule has 3 rings (SSSR count). The van der Waals surface area contributed by atoms with Crippen molar-refractivity contribution in [3.8, 4) is 0 Å². The minimum atomic E-state index is -4.92. The average molecular weight is 480 g/mol. The van der Waals surface area contributed by atoms with Gasteiger partial charge in [0, 0.05) is 31.5 Å². The van der Waals surface area contributed by atoms with Gasteiger partial charge in [-0.25, -0.2) is 0 Å². The number of nitrogens with zero attached hydrogens (tertiary/aromatic N) is 1. The number of benzene rings is 1. The topological polar surface area (TPSA) is 58.6 Å². The molecule has 1 aromatic carbocycles. The van der Waals surface area contributed by atoms with Crippen LogP contribution in [-0.4, -0.2) is 40.9 Å². The van der Waals surface area contributed by atoms with E-state index in [-0.39, 0.29) is 48.4 Å². The largest absolute Gasteiger partial charge is 0.416 e. The van der Waals surface area contributed by atoms with Crippen molar-refractivity contribution in [1.82, 2.24) is 10.2 Å². The van der Waals surface area contributed by atoms with Crippen molar-refractivity contribution in [1.29, 1.82) is 0 Å². The van der Waals surface area contributed by atoms with Crippen LogP contribution in [0.3, 0.4) is 0 Å². The van der Waals surface area contributed by atoms with Crippen LogP contribution in [0.2, 0.25) is 0 Å². The Morgan fingerprint density at radius 1 is 1.06 bits per heavy atom. The Morgan fingerprint density at radius 3 is 2.15 bits per heavy atom. The highest BCUT2D eigenvalue weighted by Gasteiger charge is 2.45. The Hall–Kier alpha value is -2.30. The van der Waals surface area contributed by atoms with Crippen molar-refractivity contribution < 1.29 is 40.7 Å². The summed E-state index contributed by atoms with van der Waals surface area (Å²) in [6.07, 6.45) is -9.09. The molecule has 2 saturated heterocycles. The molecule has 33 heavy (non-hydrogen) atoms. The minimum Gasteiger partial charge on any atom is -0.372 e. The SMILES string of the molecule is CC(=O)NC(C)(C)C1CC(=O)N2CC(OCc3cc(C(F)(F)F)cc(C(F)(F)F)c3)CC2C1. The first-order chi connectivity index (χ1) is 15.1. The van der Waals surface area contributed by atoms with Crippen LogP contribution in [0.1, 0.15) is 56.7 Å². The lowest BCUT2D eigenvalue weighted by Crippen LogP contribution is -2.54. The summed E-state index contributed by atoms with van der Waals surface area (Å²) >= 11 is 0. The highest BCUT2D eigenvalue weighted by molar-refractivity contribution is 5.79. The van der Waals surface area contributed by atoms with E-state index in [4.69, 9.17) is 4.74 Å². The van der Waals surface area contributed by atoms with Crippen molar-refractivity contribution in [2.24, 2.45) is 5.92 Å². The predicted octanol–water partition coefficient (Wildman–Crippen LogP) is 4.54. The fourth-order valence-corrected chi connectivity index (χ4v) is 4.69. The van der Waals surface area contributed by atoms with E-state index in [9.17, 15) is 35.9 Å². The maximum atomic E-state index is 13.1. The maximum Gasteiger partial charge on any atom is 0.416 e. The maximum absolute atomic E-state index is 13.1. The summed E-state index contributed by atoms with van der Waals surface area (Å²) in [6.45, 7) is 4.87. The van der Waals surface area contributed by atoms with Gasteiger partial charge in [-0.2, -0.15) is 26.3 Å². The van der Waals surface area contributed by atoms with E-state index in [2.05, 4.69) is 5.32 Å². The number of alkyl halides is 6. The van der Waals surface area contributed by atoms with E-state index in [1.807, 2.05) is 13.8 Å². The van der Waals surface area contributed by atoms with Gasteiger partial charge in [0.2, 0.25) is 11.8 Å². The standard InChI is InChI=1S/C22H26F6N2O3/c1-12(31)29-20(2,3)14-7-17-9-18(10-30(17)19(32)8-14)33-11-13-4-15(21(23,24)25)6-16(5-13)22(26,27)28/h4-6,14,17-18H,7-11H2,1-3H3,(H,29,31). The lowest BCUT2D eigenvalue weighted by molar-refractivity contribution is -0.143. The summed E-state index contributed by atoms with van der Waals surface area (Å²) in [5.41, 5.74) is -3.62. The van der Waals surface area contributed by atoms with Crippen LogP contribution in [0, 0.1) is 5.92 Å². The Morgan fingerprint density at radius 2 is 1.64 bits per heavy atom. The summed E-state index contributed by atoms with van der Waals surface area (Å²) in [7, 11) is 0. The summed E-state index contributed by atoms with van der Waals surface area (Å²) in [4.78, 5) is 25.8. The molecule has 184 valence electrons. The molecule has 2 fully saturated rings. The summed E-state index contributed by atoms with van der Waals surface area (Å²) < 4.78 is 84.0. The van der Waals surface area contributed by atoms with Crippen LogP contribution in [0.5, 0.6) is 0 Å². The van der Waals surface area contributed by atoms with Crippen LogP contribution in [-0.2, 0) is 33.3 Å². The number of piperidine rings is 1. The Bertz CT molecular complexity index is 880. The van der Waals surface area contributed by atoms with E-state index in [1.165, 1.54) is 6.92 Å². The smallest absolute Gasteiger partial charge is 0.372 e. The zero-order valence-electron chi connectivity index (χ0n) is 18.4. The molecule has 3 atom stereocenters. The van der Waals surface area contributed by atoms with Crippen LogP contribution >= 0.6 is 0 Å². The first-order valence-corrected chi connectivity index (χ1v) is 10.5. The normalized spacial score (nSPS) is 24.1. The second kappa shape index (κ2) is 8.81. The highest BCUT2D eigenvalue weighted by Crippen LogP contribution is 2.39. The van der Waals surface area contributed by atoms with Gasteiger partial charge in [0.1, 0.15) is 0 Å². The minimum absolute atomic E-state index is 0.0783. The molecule has 3 unspecified atom stereocenters. The molecule has 2 amide bonds. The van der Waals surface area contributed by atoms with Crippen molar-refractivity contribution in [3.05, 3.63) is 34.9 Å². The quantitative estimate of drug-likeness (QED) is 0.630. The summed E-state index contributed by atoms with van der Waals surface area (Å²) in [6, 6.07) is 1.21. The molecule has 1 N–H and O–H groups in total. The third-order valence-corrected chi connectivity index (χ3v) is 6.33. The van der Waals surface area contributed by atoms with Crippen LogP contribution in [0.15, 0.2) is 18.2 Å². The Kier molecular flexibility index (Phi) is 6.76. The van der Waals surface area contributed by atoms with Gasteiger partial charge in [-0.1, -0.05) is 0 Å². The Balaban J connectivity index is 1.69. The van der Waals surface area contributed by atoms with E-state index >= 15 is 0 Å². The molecule has 11 heteroatoms. The van der Waals surface area contributed by atoms with E-state index in [1.54, 1.807) is 4.90 Å². The number of amides is 2. The molecule has 0 aliphatic carbocycles. The second-order valence-corrected chi connectivity index (χ2v) is 9.32. The third kappa shape index (κ3) is 5.99. The first-order valence-electron chi connectivity index (χ1n) is 10.5. The average Bonchev–Trinajstić information content (AvgIpc) is 3.07. The fourth-order valence-electron chi connectivity index (χ4n) is 4.69. The first kappa shape index (κ1) is 25.3. The fraction of sp³-hybridized carbons (Fsp3) is 0.636. The second-order valence-electron chi connectivity index (χ2n) is 9.32. The van der Waals surface area contributed by atoms with Gasteiger partial charge in [-0.15, -0.1) is 0 Å². The van der Waals surface area contributed by atoms with Gasteiger partial charge in [-0.05, 0) is 56.4 Å². The number of fused-ring (bicyclic) bond motifs is 1. The van der Waals surface area contributed by atoms with Crippen molar-refractivity contribution >= 4 is 11.8 Å². The van der Waals surface area contributed by atoms with Gasteiger partial charge in [0.15, 0.2) is 0 Å². The number of ether oxygens (including phenoxy) is 1. The van der Waals surface area contributed by atoms with Gasteiger partial charge in [0.05, 0.1) is 23.8 Å². The molecular formula is C22H26F6N2O3. The lowest BCUT2D eigenvalue weighted by Gasteiger charge is -2.42. The van der Waals surface area contributed by atoms with Gasteiger partial charge < -0.3 is 15.0 Å². The predicted molar refractivity (Wildman–Crippen MR) is 106 cm³/mol. The molecule has 0 saturated carbocycles. The van der Waals surface area contributed by atoms with Crippen LogP contribution in [0.4, 0.5) is 26.3 Å². The number of hydrogen-bond donors (Lipinski definition) is 1. The zero-order valence-corrected chi connectivity index (χ0v) is 18.4. The monoisotopic (exact) mass is 480 g/mol. The van der Waals surface area contributed by atoms with Crippen LogP contribution < -0.4 is 5.32 Å². The van der Waals surface area contributed by atoms with E-state index < -0.39 is 41.7 Å². The molecule has 2 aliphatic rings. The molecule has 0 radical (unpaired) electrons. The number of carbonyl (C=O) groups is 2. The van der Waals surface area contributed by atoms with Gasteiger partial charge >= 0.3 is 12.4 Å². The van der Waals surface area contributed by atoms with Crippen molar-refractivity contribution in [2.45, 2.75) is 76.7 Å². The molecule has 1 aromatic rings. The van der Waals surface area contributed by atoms with Crippen LogP contribution in [0.25, 0.3) is 0 Å². The Labute approximate surface area is 187 Å². The molecule has 0 spiro atoms. The molecule has 0 bridgehead atoms. The number of halogens is 6. The molecule has 5 nitrogen and oxygen atoms in total. The summed E-state index contributed by atoms with van der Waals surface area (Å²) in [5.74, 6) is -0.423. The molecule has 2 aliphatic heterocycles. The van der Waals surface area contributed by atoms with Crippen molar-refractivity contribution in [3.63, 3.8) is 0 Å². The van der Waals surface area contributed by atoms with Crippen molar-refractivity contribution in [2.75, 3.05) is 6.54 Å². The van der Waals surface area contributed by atoms with Gasteiger partial charge in [-0.3, -0.25) is 9.59 Å². The van der Waals surface area contributed by atoms with Gasteiger partial charge in [0.25, 0.3) is 0 Å². The number of rotatable bonds is 5. The molecular weight excluding hydrogens is 454 g/mol. The van der Waals surface area contributed by atoms with E-state index in [0.717, 1.165) is 0 Å². The summed E-state index contributed by atoms with van der Waals surface area (Å²) in [5, 5.41) is 2.86. The zero-order chi connectivity index (χ0) is 24.8.